The fourth-order valence-corrected chi connectivity index (χ4v) is 18.6. The first-order valence-electron chi connectivity index (χ1n) is 18.4. The number of benzene rings is 8. The van der Waals surface area contributed by atoms with Gasteiger partial charge < -0.3 is 0 Å². The van der Waals surface area contributed by atoms with Gasteiger partial charge >= 0.3 is 0 Å². The van der Waals surface area contributed by atoms with Crippen molar-refractivity contribution in [3.8, 4) is 11.1 Å². The lowest BCUT2D eigenvalue weighted by molar-refractivity contribution is 0.629. The van der Waals surface area contributed by atoms with Gasteiger partial charge in [0.15, 0.2) is 16.1 Å². The zero-order chi connectivity index (χ0) is 35.8. The van der Waals surface area contributed by atoms with Crippen LogP contribution in [0.1, 0.15) is 16.7 Å². The van der Waals surface area contributed by atoms with E-state index in [1.165, 1.54) is 64.1 Å². The molecule has 0 atom stereocenters. The zero-order valence-electron chi connectivity index (χ0n) is 29.7. The smallest absolute Gasteiger partial charge is 0.179 e. The molecule has 0 N–H and O–H groups in total. The van der Waals surface area contributed by atoms with Gasteiger partial charge in [-0.2, -0.15) is 0 Å². The Bertz CT molecular complexity index is 2290. The van der Waals surface area contributed by atoms with Gasteiger partial charge in [-0.15, -0.1) is 0 Å². The van der Waals surface area contributed by atoms with Gasteiger partial charge in [0.05, 0.1) is 0 Å². The van der Waals surface area contributed by atoms with E-state index in [0.717, 1.165) is 11.6 Å². The van der Waals surface area contributed by atoms with E-state index in [1.807, 2.05) is 6.07 Å². The van der Waals surface area contributed by atoms with Crippen molar-refractivity contribution in [2.75, 3.05) is 0 Å². The third kappa shape index (κ3) is 5.47. The Morgan fingerprint density at radius 3 is 1.09 bits per heavy atom. The van der Waals surface area contributed by atoms with Gasteiger partial charge in [-0.1, -0.05) is 200 Å². The van der Waals surface area contributed by atoms with Gasteiger partial charge in [-0.3, -0.25) is 0 Å². The molecule has 1 aliphatic carbocycles. The van der Waals surface area contributed by atoms with E-state index < -0.39 is 16.1 Å². The molecule has 0 bridgehead atoms. The third-order valence-corrected chi connectivity index (χ3v) is 20.8. The van der Waals surface area contributed by atoms with Crippen LogP contribution in [0.25, 0.3) is 11.1 Å². The molecule has 0 saturated heterocycles. The Morgan fingerprint density at radius 1 is 0.340 bits per heavy atom. The van der Waals surface area contributed by atoms with Crippen molar-refractivity contribution in [1.82, 2.24) is 0 Å². The molecule has 0 fully saturated rings. The van der Waals surface area contributed by atoms with Gasteiger partial charge in [-0.25, -0.2) is 4.39 Å². The van der Waals surface area contributed by atoms with Gasteiger partial charge in [0.25, 0.3) is 0 Å². The molecule has 9 rings (SSSR count). The number of hydrogen-bond acceptors (Lipinski definition) is 0. The van der Waals surface area contributed by atoms with E-state index in [4.69, 9.17) is 0 Å². The van der Waals surface area contributed by atoms with Crippen LogP contribution in [0.15, 0.2) is 206 Å². The van der Waals surface area contributed by atoms with E-state index >= 15 is 4.39 Å². The normalized spacial score (nSPS) is 12.3. The van der Waals surface area contributed by atoms with Crippen LogP contribution in [0.4, 0.5) is 4.39 Å². The van der Waals surface area contributed by atoms with Crippen molar-refractivity contribution in [2.24, 2.45) is 0 Å². The number of fused-ring (bicyclic) bond motifs is 3. The molecule has 0 unspecified atom stereocenters. The maximum Gasteiger partial charge on any atom is 0.179 e. The molecular weight excluding hydrogens is 676 g/mol. The second-order valence-electron chi connectivity index (χ2n) is 14.3. The Kier molecular flexibility index (Phi) is 8.46. The van der Waals surface area contributed by atoms with Crippen LogP contribution < -0.4 is 41.5 Å². The Labute approximate surface area is 313 Å². The molecule has 0 heterocycles. The number of aryl methyl sites for hydroxylation is 1. The molecule has 0 saturated carbocycles. The van der Waals surface area contributed by atoms with E-state index in [9.17, 15) is 0 Å². The molecule has 0 spiro atoms. The summed E-state index contributed by atoms with van der Waals surface area (Å²) in [5.74, 6) is -0.207. The fraction of sp³-hybridized carbons (Fsp3) is 0.0400. The highest BCUT2D eigenvalue weighted by atomic mass is 28.3. The molecule has 254 valence electrons. The van der Waals surface area contributed by atoms with Crippen molar-refractivity contribution >= 4 is 57.6 Å². The summed E-state index contributed by atoms with van der Waals surface area (Å²) in [5.41, 5.74) is 6.55. The third-order valence-electron chi connectivity index (χ3n) is 11.3. The minimum Gasteiger partial charge on any atom is -0.207 e. The molecule has 8 aromatic carbocycles. The van der Waals surface area contributed by atoms with Crippen molar-refractivity contribution < 1.29 is 4.39 Å². The Balaban J connectivity index is 1.32. The second-order valence-corrected chi connectivity index (χ2v) is 21.9. The maximum absolute atomic E-state index is 15.3. The summed E-state index contributed by atoms with van der Waals surface area (Å²) in [6, 6.07) is 74.9. The van der Waals surface area contributed by atoms with Crippen LogP contribution in [0.3, 0.4) is 0 Å². The first kappa shape index (κ1) is 33.0. The average Bonchev–Trinajstić information content (AvgIpc) is 3.58. The van der Waals surface area contributed by atoms with Crippen molar-refractivity contribution in [3.63, 3.8) is 0 Å². The predicted molar refractivity (Wildman–Crippen MR) is 227 cm³/mol. The van der Waals surface area contributed by atoms with Gasteiger partial charge in [0.1, 0.15) is 5.82 Å². The van der Waals surface area contributed by atoms with Gasteiger partial charge in [0, 0.05) is 0 Å². The van der Waals surface area contributed by atoms with Gasteiger partial charge in [-0.05, 0) is 89.2 Å². The van der Waals surface area contributed by atoms with E-state index in [-0.39, 0.29) is 5.82 Å². The Hall–Kier alpha value is -5.88. The highest BCUT2D eigenvalue weighted by molar-refractivity contribution is 7.20. The quantitative estimate of drug-likeness (QED) is 0.125. The number of rotatable bonds is 8. The summed E-state index contributed by atoms with van der Waals surface area (Å²) in [4.78, 5) is 0. The molecule has 0 aromatic heterocycles. The van der Waals surface area contributed by atoms with E-state index in [2.05, 4.69) is 195 Å². The fourth-order valence-electron chi connectivity index (χ4n) is 8.99. The van der Waals surface area contributed by atoms with Crippen molar-refractivity contribution in [1.29, 1.82) is 0 Å². The summed E-state index contributed by atoms with van der Waals surface area (Å²) < 4.78 is 15.3. The topological polar surface area (TPSA) is 0 Å². The first-order chi connectivity index (χ1) is 26.1. The lowest BCUT2D eigenvalue weighted by Gasteiger charge is -2.35. The number of hydrogen-bond donors (Lipinski definition) is 0. The van der Waals surface area contributed by atoms with Crippen LogP contribution in [-0.2, 0) is 6.42 Å². The molecule has 53 heavy (non-hydrogen) atoms. The highest BCUT2D eigenvalue weighted by Gasteiger charge is 2.44. The first-order valence-corrected chi connectivity index (χ1v) is 22.4. The molecule has 0 amide bonds. The van der Waals surface area contributed by atoms with Crippen molar-refractivity contribution in [2.45, 2.75) is 13.3 Å². The lowest BCUT2D eigenvalue weighted by atomic mass is 10.1. The van der Waals surface area contributed by atoms with Crippen LogP contribution in [0.2, 0.25) is 0 Å². The summed E-state index contributed by atoms with van der Waals surface area (Å²) in [6.45, 7) is 2.20. The van der Waals surface area contributed by atoms with Crippen LogP contribution in [0.5, 0.6) is 0 Å². The molecule has 1 aliphatic rings. The minimum atomic E-state index is -2.94. The van der Waals surface area contributed by atoms with Crippen LogP contribution in [0, 0.1) is 12.7 Å². The molecular formula is C50H39FSi2. The van der Waals surface area contributed by atoms with E-state index in [1.54, 1.807) is 12.1 Å². The largest absolute Gasteiger partial charge is 0.207 e. The summed E-state index contributed by atoms with van der Waals surface area (Å²) in [6.07, 6.45) is 0.895. The van der Waals surface area contributed by atoms with E-state index in [0.29, 0.717) is 0 Å². The van der Waals surface area contributed by atoms with Crippen LogP contribution in [-0.4, -0.2) is 16.1 Å². The summed E-state index contributed by atoms with van der Waals surface area (Å²) in [7, 11) is -5.68. The Morgan fingerprint density at radius 2 is 0.698 bits per heavy atom. The molecule has 0 aliphatic heterocycles. The lowest BCUT2D eigenvalue weighted by Crippen LogP contribution is -2.75. The predicted octanol–water partition coefficient (Wildman–Crippen LogP) is 6.46. The average molecular weight is 715 g/mol. The minimum absolute atomic E-state index is 0.207. The monoisotopic (exact) mass is 714 g/mol. The highest BCUT2D eigenvalue weighted by Crippen LogP contribution is 2.36. The molecule has 0 radical (unpaired) electrons. The van der Waals surface area contributed by atoms with Gasteiger partial charge in [0.2, 0.25) is 0 Å². The molecule has 3 heteroatoms. The molecule has 8 aromatic rings. The van der Waals surface area contributed by atoms with Crippen LogP contribution >= 0.6 is 0 Å². The maximum atomic E-state index is 15.3. The summed E-state index contributed by atoms with van der Waals surface area (Å²) in [5, 5.41) is 10.3. The number of halogens is 1. The zero-order valence-corrected chi connectivity index (χ0v) is 31.7. The SMILES string of the molecule is Cc1cccc([Si](c2ccccc2)(c2ccccc2)c2ccc3c(c2)-c2cc([Si](c4ccccc4)(c4ccccc4)c4cccc(F)c4)ccc2C3)c1. The standard InChI is InChI=1S/C50H39FSi2/c1-37-16-14-26-45(32-37)52(41-18-6-2-7-19-41,42-20-8-3-9-21-42)47-30-28-38-33-39-29-31-48(36-50(39)49(38)35-47)53(43-22-10-4-11-23-43,44-24-12-5-13-25-44)46-27-15-17-40(51)34-46/h2-32,34-36H,33H2,1H3. The second kappa shape index (κ2) is 13.6. The molecule has 0 nitrogen and oxygen atoms in total. The van der Waals surface area contributed by atoms with Crippen molar-refractivity contribution in [3.05, 3.63) is 229 Å². The summed E-state index contributed by atoms with van der Waals surface area (Å²) >= 11 is 0.